The topological polar surface area (TPSA) is 75.3 Å². The smallest absolute Gasteiger partial charge is 0.322 e. The number of halogens is 3. The van der Waals surface area contributed by atoms with Gasteiger partial charge in [0.25, 0.3) is 5.91 Å². The molecule has 0 aliphatic rings. The van der Waals surface area contributed by atoms with Gasteiger partial charge >= 0.3 is 6.18 Å². The maximum Gasteiger partial charge on any atom is 0.417 e. The molecule has 0 saturated carbocycles. The largest absolute Gasteiger partial charge is 0.417 e. The van der Waals surface area contributed by atoms with Crippen molar-refractivity contribution >= 4 is 21.6 Å². The Morgan fingerprint density at radius 1 is 1.07 bits per heavy atom. The first kappa shape index (κ1) is 20.9. The number of hydrogen-bond donors (Lipinski definition) is 2. The van der Waals surface area contributed by atoms with Gasteiger partial charge in [-0.2, -0.15) is 13.2 Å². The average molecular weight is 400 g/mol. The van der Waals surface area contributed by atoms with E-state index < -0.39 is 33.2 Å². The number of sulfonamides is 1. The van der Waals surface area contributed by atoms with Crippen LogP contribution in [0.3, 0.4) is 0 Å². The minimum Gasteiger partial charge on any atom is -0.322 e. The van der Waals surface area contributed by atoms with Crippen LogP contribution in [-0.4, -0.2) is 20.9 Å². The molecule has 0 aliphatic carbocycles. The van der Waals surface area contributed by atoms with Gasteiger partial charge in [-0.25, -0.2) is 13.1 Å². The first-order valence-electron chi connectivity index (χ1n) is 8.22. The summed E-state index contributed by atoms with van der Waals surface area (Å²) < 4.78 is 66.0. The molecule has 0 aromatic heterocycles. The molecule has 0 bridgehead atoms. The number of amides is 1. The Balaban J connectivity index is 2.23. The quantitative estimate of drug-likeness (QED) is 0.689. The number of benzene rings is 2. The van der Waals surface area contributed by atoms with E-state index in [0.29, 0.717) is 6.42 Å². The Hall–Kier alpha value is -2.39. The number of unbranched alkanes of at least 4 members (excludes halogenated alkanes) is 1. The van der Waals surface area contributed by atoms with Crippen molar-refractivity contribution in [2.24, 2.45) is 0 Å². The molecule has 0 fully saturated rings. The number of nitrogens with one attached hydrogen (secondary N) is 2. The highest BCUT2D eigenvalue weighted by Gasteiger charge is 2.34. The van der Waals surface area contributed by atoms with E-state index >= 15 is 0 Å². The predicted molar refractivity (Wildman–Crippen MR) is 95.9 cm³/mol. The van der Waals surface area contributed by atoms with E-state index in [0.717, 1.165) is 18.6 Å². The van der Waals surface area contributed by atoms with Crippen molar-refractivity contribution in [3.05, 3.63) is 59.7 Å². The molecular weight excluding hydrogens is 381 g/mol. The summed E-state index contributed by atoms with van der Waals surface area (Å²) in [5, 5.41) is 2.32. The molecule has 0 atom stereocenters. The van der Waals surface area contributed by atoms with Crippen LogP contribution in [0.4, 0.5) is 18.9 Å². The summed E-state index contributed by atoms with van der Waals surface area (Å²) in [6.07, 6.45) is -3.19. The third-order valence-corrected chi connectivity index (χ3v) is 5.16. The normalized spacial score (nSPS) is 12.0. The number of rotatable bonds is 7. The highest BCUT2D eigenvalue weighted by Crippen LogP contribution is 2.32. The van der Waals surface area contributed by atoms with Crippen LogP contribution in [0.5, 0.6) is 0 Å². The number of hydrogen-bond acceptors (Lipinski definition) is 3. The molecule has 2 rings (SSSR count). The fourth-order valence-corrected chi connectivity index (χ4v) is 3.45. The molecule has 2 aromatic carbocycles. The zero-order chi connectivity index (χ0) is 20.1. The van der Waals surface area contributed by atoms with Crippen molar-refractivity contribution in [2.45, 2.75) is 30.8 Å². The van der Waals surface area contributed by atoms with Crippen LogP contribution in [0, 0.1) is 0 Å². The summed E-state index contributed by atoms with van der Waals surface area (Å²) in [6, 6.07) is 9.73. The highest BCUT2D eigenvalue weighted by atomic mass is 32.2. The van der Waals surface area contributed by atoms with Crippen LogP contribution in [0.25, 0.3) is 0 Å². The second-order valence-corrected chi connectivity index (χ2v) is 7.54. The molecule has 5 nitrogen and oxygen atoms in total. The fraction of sp³-hybridized carbons (Fsp3) is 0.278. The number of carbonyl (C=O) groups is 1. The van der Waals surface area contributed by atoms with Gasteiger partial charge in [-0.05, 0) is 36.8 Å². The molecule has 0 unspecified atom stereocenters. The minimum absolute atomic E-state index is 0.0790. The van der Waals surface area contributed by atoms with E-state index in [2.05, 4.69) is 10.0 Å². The van der Waals surface area contributed by atoms with Gasteiger partial charge in [0, 0.05) is 12.2 Å². The lowest BCUT2D eigenvalue weighted by Gasteiger charge is -2.13. The van der Waals surface area contributed by atoms with Gasteiger partial charge in [-0.3, -0.25) is 4.79 Å². The predicted octanol–water partition coefficient (Wildman–Crippen LogP) is 4.04. The molecule has 0 saturated heterocycles. The Kier molecular flexibility index (Phi) is 6.61. The third-order valence-electron chi connectivity index (χ3n) is 3.70. The number of carbonyl (C=O) groups excluding carboxylic acids is 1. The van der Waals surface area contributed by atoms with Crippen molar-refractivity contribution in [1.82, 2.24) is 4.72 Å². The van der Waals surface area contributed by atoms with Crippen LogP contribution in [0.2, 0.25) is 0 Å². The standard InChI is InChI=1S/C18H19F3N2O3S/c1-2-3-11-22-27(25,26)14-8-6-7-13(12-14)23-17(24)15-9-4-5-10-16(15)18(19,20)21/h4-10,12,22H,2-3,11H2,1H3,(H,23,24). The second-order valence-electron chi connectivity index (χ2n) is 5.78. The lowest BCUT2D eigenvalue weighted by Crippen LogP contribution is -2.25. The Morgan fingerprint density at radius 3 is 2.44 bits per heavy atom. The summed E-state index contributed by atoms with van der Waals surface area (Å²) >= 11 is 0. The van der Waals surface area contributed by atoms with Crippen molar-refractivity contribution in [1.29, 1.82) is 0 Å². The molecule has 0 spiro atoms. The van der Waals surface area contributed by atoms with E-state index in [4.69, 9.17) is 0 Å². The molecule has 27 heavy (non-hydrogen) atoms. The maximum absolute atomic E-state index is 13.0. The van der Waals surface area contributed by atoms with Crippen LogP contribution in [-0.2, 0) is 16.2 Å². The zero-order valence-electron chi connectivity index (χ0n) is 14.5. The Labute approximate surface area is 155 Å². The Bertz CT molecular complexity index is 912. The van der Waals surface area contributed by atoms with Gasteiger partial charge in [-0.1, -0.05) is 31.5 Å². The lowest BCUT2D eigenvalue weighted by molar-refractivity contribution is -0.137. The van der Waals surface area contributed by atoms with Crippen LogP contribution >= 0.6 is 0 Å². The van der Waals surface area contributed by atoms with Crippen LogP contribution in [0.1, 0.15) is 35.7 Å². The van der Waals surface area contributed by atoms with Gasteiger partial charge in [0.1, 0.15) is 0 Å². The third kappa shape index (κ3) is 5.54. The average Bonchev–Trinajstić information content (AvgIpc) is 2.61. The molecule has 1 amide bonds. The first-order chi connectivity index (χ1) is 12.6. The SMILES string of the molecule is CCCCNS(=O)(=O)c1cccc(NC(=O)c2ccccc2C(F)(F)F)c1. The molecule has 9 heteroatoms. The highest BCUT2D eigenvalue weighted by molar-refractivity contribution is 7.89. The van der Waals surface area contributed by atoms with Gasteiger partial charge in [-0.15, -0.1) is 0 Å². The molecular formula is C18H19F3N2O3S. The molecule has 146 valence electrons. The van der Waals surface area contributed by atoms with E-state index in [1.54, 1.807) is 0 Å². The lowest BCUT2D eigenvalue weighted by atomic mass is 10.1. The monoisotopic (exact) mass is 400 g/mol. The van der Waals surface area contributed by atoms with Gasteiger partial charge in [0.05, 0.1) is 16.0 Å². The minimum atomic E-state index is -4.68. The molecule has 2 N–H and O–H groups in total. The first-order valence-corrected chi connectivity index (χ1v) is 9.71. The molecule has 0 heterocycles. The molecule has 0 radical (unpaired) electrons. The van der Waals surface area contributed by atoms with E-state index in [1.165, 1.54) is 36.4 Å². The zero-order valence-corrected chi connectivity index (χ0v) is 15.3. The van der Waals surface area contributed by atoms with Crippen molar-refractivity contribution < 1.29 is 26.4 Å². The van der Waals surface area contributed by atoms with E-state index in [-0.39, 0.29) is 17.1 Å². The van der Waals surface area contributed by atoms with E-state index in [9.17, 15) is 26.4 Å². The summed E-state index contributed by atoms with van der Waals surface area (Å²) in [7, 11) is -3.77. The van der Waals surface area contributed by atoms with Gasteiger partial charge < -0.3 is 5.32 Å². The maximum atomic E-state index is 13.0. The van der Waals surface area contributed by atoms with E-state index in [1.807, 2.05) is 6.92 Å². The Morgan fingerprint density at radius 2 is 1.78 bits per heavy atom. The summed E-state index contributed by atoms with van der Waals surface area (Å²) in [4.78, 5) is 12.2. The summed E-state index contributed by atoms with van der Waals surface area (Å²) in [6.45, 7) is 2.19. The molecule has 2 aromatic rings. The second kappa shape index (κ2) is 8.53. The number of alkyl halides is 3. The van der Waals surface area contributed by atoms with Crippen LogP contribution < -0.4 is 10.0 Å². The summed E-state index contributed by atoms with van der Waals surface area (Å²) in [5.41, 5.74) is -1.53. The molecule has 0 aliphatic heterocycles. The van der Waals surface area contributed by atoms with Crippen molar-refractivity contribution in [3.63, 3.8) is 0 Å². The van der Waals surface area contributed by atoms with Crippen molar-refractivity contribution in [3.8, 4) is 0 Å². The number of anilines is 1. The van der Waals surface area contributed by atoms with Crippen LogP contribution in [0.15, 0.2) is 53.4 Å². The van der Waals surface area contributed by atoms with Gasteiger partial charge in [0.2, 0.25) is 10.0 Å². The summed E-state index contributed by atoms with van der Waals surface area (Å²) in [5.74, 6) is -0.976. The fourth-order valence-electron chi connectivity index (χ4n) is 2.33. The van der Waals surface area contributed by atoms with Crippen molar-refractivity contribution in [2.75, 3.05) is 11.9 Å². The van der Waals surface area contributed by atoms with Gasteiger partial charge in [0.15, 0.2) is 0 Å².